The van der Waals surface area contributed by atoms with Crippen LogP contribution in [0.5, 0.6) is 0 Å². The van der Waals surface area contributed by atoms with Gasteiger partial charge in [-0.15, -0.1) is 0 Å². The van der Waals surface area contributed by atoms with E-state index in [-0.39, 0.29) is 5.91 Å². The Morgan fingerprint density at radius 1 is 1.43 bits per heavy atom. The number of hydrogen-bond acceptors (Lipinski definition) is 3. The van der Waals surface area contributed by atoms with Crippen molar-refractivity contribution in [2.45, 2.75) is 39.2 Å². The summed E-state index contributed by atoms with van der Waals surface area (Å²) in [5, 5.41) is 6.43. The molecule has 0 spiro atoms. The second kappa shape index (κ2) is 7.46. The molecule has 2 rings (SSSR count). The van der Waals surface area contributed by atoms with Crippen molar-refractivity contribution >= 4 is 11.6 Å². The van der Waals surface area contributed by atoms with Crippen LogP contribution in [0.4, 0.5) is 5.69 Å². The Morgan fingerprint density at radius 2 is 2.24 bits per heavy atom. The molecule has 1 aromatic carbocycles. The van der Waals surface area contributed by atoms with E-state index in [9.17, 15) is 4.79 Å². The van der Waals surface area contributed by atoms with E-state index in [1.54, 1.807) is 0 Å². The Balaban J connectivity index is 2.01. The molecule has 1 aliphatic rings. The molecule has 1 heterocycles. The van der Waals surface area contributed by atoms with Gasteiger partial charge in [0.2, 0.25) is 0 Å². The molecule has 4 heteroatoms. The monoisotopic (exact) mass is 289 g/mol. The summed E-state index contributed by atoms with van der Waals surface area (Å²) in [5.74, 6) is 0.0256. The molecule has 0 saturated carbocycles. The zero-order valence-corrected chi connectivity index (χ0v) is 13.4. The topological polar surface area (TPSA) is 44.4 Å². The van der Waals surface area contributed by atoms with Crippen LogP contribution in [0.3, 0.4) is 0 Å². The normalized spacial score (nSPS) is 18.7. The number of rotatable bonds is 6. The number of likely N-dealkylation sites (N-methyl/N-ethyl adjacent to an activating group) is 1. The smallest absolute Gasteiger partial charge is 0.253 e. The van der Waals surface area contributed by atoms with Crippen LogP contribution in [0, 0.1) is 6.92 Å². The van der Waals surface area contributed by atoms with Crippen molar-refractivity contribution in [1.29, 1.82) is 0 Å². The first-order valence-electron chi connectivity index (χ1n) is 7.94. The lowest BCUT2D eigenvalue weighted by Gasteiger charge is -2.20. The Hall–Kier alpha value is -1.55. The van der Waals surface area contributed by atoms with E-state index >= 15 is 0 Å². The predicted molar refractivity (Wildman–Crippen MR) is 87.9 cm³/mol. The Kier molecular flexibility index (Phi) is 5.62. The summed E-state index contributed by atoms with van der Waals surface area (Å²) >= 11 is 0. The fraction of sp³-hybridized carbons (Fsp3) is 0.588. The minimum absolute atomic E-state index is 0.0256. The van der Waals surface area contributed by atoms with Crippen LogP contribution in [0.15, 0.2) is 18.2 Å². The Morgan fingerprint density at radius 3 is 2.90 bits per heavy atom. The predicted octanol–water partition coefficient (Wildman–Crippen LogP) is 2.64. The second-order valence-electron chi connectivity index (χ2n) is 5.96. The molecule has 116 valence electrons. The lowest BCUT2D eigenvalue weighted by Crippen LogP contribution is -2.38. The number of nitrogens with zero attached hydrogens (tertiary/aromatic N) is 1. The highest BCUT2D eigenvalue weighted by Crippen LogP contribution is 2.18. The first-order chi connectivity index (χ1) is 10.1. The summed E-state index contributed by atoms with van der Waals surface area (Å²) in [7, 11) is 2.13. The van der Waals surface area contributed by atoms with Gasteiger partial charge >= 0.3 is 0 Å². The van der Waals surface area contributed by atoms with E-state index < -0.39 is 0 Å². The number of benzene rings is 1. The maximum absolute atomic E-state index is 12.5. The largest absolute Gasteiger partial charge is 0.384 e. The number of amides is 1. The molecule has 0 bridgehead atoms. The van der Waals surface area contributed by atoms with Crippen LogP contribution in [0.2, 0.25) is 0 Å². The SMILES string of the molecule is CCCNc1ccc(C)cc1C(=O)NCC1CCCN1C. The van der Waals surface area contributed by atoms with E-state index in [4.69, 9.17) is 0 Å². The van der Waals surface area contributed by atoms with Crippen LogP contribution in [0.25, 0.3) is 0 Å². The molecule has 1 unspecified atom stereocenters. The number of nitrogens with one attached hydrogen (secondary N) is 2. The molecule has 1 saturated heterocycles. The first kappa shape index (κ1) is 15.8. The third-order valence-corrected chi connectivity index (χ3v) is 4.15. The molecule has 1 amide bonds. The van der Waals surface area contributed by atoms with Crippen LogP contribution >= 0.6 is 0 Å². The number of hydrogen-bond donors (Lipinski definition) is 2. The lowest BCUT2D eigenvalue weighted by molar-refractivity contribution is 0.0944. The molecule has 1 fully saturated rings. The standard InChI is InChI=1S/C17H27N3O/c1-4-9-18-16-8-7-13(2)11-15(16)17(21)19-12-14-6-5-10-20(14)3/h7-8,11,14,18H,4-6,9-10,12H2,1-3H3,(H,19,21). The first-order valence-corrected chi connectivity index (χ1v) is 7.94. The van der Waals surface area contributed by atoms with Gasteiger partial charge in [0.05, 0.1) is 5.56 Å². The Bertz CT molecular complexity index is 487. The van der Waals surface area contributed by atoms with E-state index in [0.717, 1.165) is 42.9 Å². The zero-order chi connectivity index (χ0) is 15.2. The van der Waals surface area contributed by atoms with Crippen molar-refractivity contribution in [2.24, 2.45) is 0 Å². The summed E-state index contributed by atoms with van der Waals surface area (Å²) in [6, 6.07) is 6.48. The van der Waals surface area contributed by atoms with Gasteiger partial charge in [-0.25, -0.2) is 0 Å². The fourth-order valence-corrected chi connectivity index (χ4v) is 2.80. The van der Waals surface area contributed by atoms with Crippen LogP contribution in [-0.4, -0.2) is 43.5 Å². The van der Waals surface area contributed by atoms with Crippen molar-refractivity contribution in [3.63, 3.8) is 0 Å². The number of aryl methyl sites for hydroxylation is 1. The highest BCUT2D eigenvalue weighted by atomic mass is 16.1. The molecular formula is C17H27N3O. The van der Waals surface area contributed by atoms with Gasteiger partial charge in [-0.3, -0.25) is 4.79 Å². The van der Waals surface area contributed by atoms with Gasteiger partial charge in [0, 0.05) is 24.8 Å². The van der Waals surface area contributed by atoms with Gasteiger partial charge in [0.1, 0.15) is 0 Å². The molecule has 0 radical (unpaired) electrons. The average molecular weight is 289 g/mol. The molecule has 0 aliphatic carbocycles. The van der Waals surface area contributed by atoms with E-state index in [2.05, 4.69) is 29.5 Å². The average Bonchev–Trinajstić information content (AvgIpc) is 2.88. The molecule has 0 aromatic heterocycles. The number of carbonyl (C=O) groups is 1. The van der Waals surface area contributed by atoms with E-state index in [1.807, 2.05) is 25.1 Å². The Labute approximate surface area is 127 Å². The van der Waals surface area contributed by atoms with Crippen LogP contribution in [0.1, 0.15) is 42.1 Å². The molecular weight excluding hydrogens is 262 g/mol. The molecule has 1 aromatic rings. The molecule has 1 aliphatic heterocycles. The van der Waals surface area contributed by atoms with E-state index in [1.165, 1.54) is 12.8 Å². The second-order valence-corrected chi connectivity index (χ2v) is 5.96. The number of anilines is 1. The number of carbonyl (C=O) groups excluding carboxylic acids is 1. The summed E-state index contributed by atoms with van der Waals surface area (Å²) in [5.41, 5.74) is 2.80. The van der Waals surface area contributed by atoms with Gasteiger partial charge in [0.15, 0.2) is 0 Å². The van der Waals surface area contributed by atoms with Gasteiger partial charge < -0.3 is 15.5 Å². The number of likely N-dealkylation sites (tertiary alicyclic amines) is 1. The summed E-state index contributed by atoms with van der Waals surface area (Å²) in [6.07, 6.45) is 3.44. The quantitative estimate of drug-likeness (QED) is 0.846. The van der Waals surface area contributed by atoms with Crippen LogP contribution < -0.4 is 10.6 Å². The minimum atomic E-state index is 0.0256. The van der Waals surface area contributed by atoms with Gasteiger partial charge in [0.25, 0.3) is 5.91 Å². The van der Waals surface area contributed by atoms with Gasteiger partial charge in [-0.2, -0.15) is 0 Å². The highest BCUT2D eigenvalue weighted by Gasteiger charge is 2.21. The maximum atomic E-state index is 12.5. The van der Waals surface area contributed by atoms with Crippen molar-refractivity contribution in [2.75, 3.05) is 32.0 Å². The minimum Gasteiger partial charge on any atom is -0.384 e. The fourth-order valence-electron chi connectivity index (χ4n) is 2.80. The lowest BCUT2D eigenvalue weighted by atomic mass is 10.1. The molecule has 4 nitrogen and oxygen atoms in total. The summed E-state index contributed by atoms with van der Waals surface area (Å²) in [6.45, 7) is 6.89. The van der Waals surface area contributed by atoms with Crippen LogP contribution in [-0.2, 0) is 0 Å². The van der Waals surface area contributed by atoms with Crippen molar-refractivity contribution < 1.29 is 4.79 Å². The third kappa shape index (κ3) is 4.21. The molecule has 21 heavy (non-hydrogen) atoms. The van der Waals surface area contributed by atoms with Gasteiger partial charge in [-0.1, -0.05) is 18.6 Å². The maximum Gasteiger partial charge on any atom is 0.253 e. The summed E-state index contributed by atoms with van der Waals surface area (Å²) < 4.78 is 0. The summed E-state index contributed by atoms with van der Waals surface area (Å²) in [4.78, 5) is 14.8. The van der Waals surface area contributed by atoms with Gasteiger partial charge in [-0.05, 0) is 51.9 Å². The van der Waals surface area contributed by atoms with E-state index in [0.29, 0.717) is 6.04 Å². The third-order valence-electron chi connectivity index (χ3n) is 4.15. The zero-order valence-electron chi connectivity index (χ0n) is 13.4. The molecule has 2 N–H and O–H groups in total. The van der Waals surface area contributed by atoms with Crippen molar-refractivity contribution in [3.05, 3.63) is 29.3 Å². The van der Waals surface area contributed by atoms with Crippen molar-refractivity contribution in [3.8, 4) is 0 Å². The van der Waals surface area contributed by atoms with Crippen molar-refractivity contribution in [1.82, 2.24) is 10.2 Å². The highest BCUT2D eigenvalue weighted by molar-refractivity contribution is 5.99. The molecule has 1 atom stereocenters.